The third-order valence-electron chi connectivity index (χ3n) is 1.63. The first kappa shape index (κ1) is 9.92. The number of hydrogen-bond donors (Lipinski definition) is 0. The van der Waals surface area contributed by atoms with Crippen molar-refractivity contribution >= 4 is 0 Å². The van der Waals surface area contributed by atoms with Gasteiger partial charge in [0.1, 0.15) is 0 Å². The molecule has 0 bridgehead atoms. The molecule has 0 unspecified atom stereocenters. The maximum atomic E-state index is 3.78. The van der Waals surface area contributed by atoms with Crippen molar-refractivity contribution in [1.29, 1.82) is 0 Å². The van der Waals surface area contributed by atoms with Crippen molar-refractivity contribution < 1.29 is 0 Å². The zero-order valence-electron chi connectivity index (χ0n) is 7.14. The van der Waals surface area contributed by atoms with Gasteiger partial charge in [-0.1, -0.05) is 0 Å². The number of likely N-dealkylation sites (N-methyl/N-ethyl adjacent to an activating group) is 2. The van der Waals surface area contributed by atoms with Gasteiger partial charge in [0, 0.05) is 13.1 Å². The van der Waals surface area contributed by atoms with Crippen LogP contribution in [0.3, 0.4) is 0 Å². The summed E-state index contributed by atoms with van der Waals surface area (Å²) in [6, 6.07) is 0. The van der Waals surface area contributed by atoms with Crippen molar-refractivity contribution in [3.63, 3.8) is 0 Å². The molecule has 0 aliphatic carbocycles. The maximum absolute atomic E-state index is 3.78. The second kappa shape index (κ2) is 5.69. The summed E-state index contributed by atoms with van der Waals surface area (Å²) in [6.45, 7) is 11.5. The normalized spacial score (nSPS) is 11.4. The summed E-state index contributed by atoms with van der Waals surface area (Å²) in [5.74, 6) is 0. The van der Waals surface area contributed by atoms with E-state index in [0.717, 1.165) is 26.2 Å². The van der Waals surface area contributed by atoms with Gasteiger partial charge in [0.25, 0.3) is 0 Å². The van der Waals surface area contributed by atoms with Gasteiger partial charge in [-0.2, -0.15) is 0 Å². The first-order valence-corrected chi connectivity index (χ1v) is 3.66. The predicted octanol–water partition coefficient (Wildman–Crippen LogP) is 0.518. The van der Waals surface area contributed by atoms with Crippen LogP contribution in [0.5, 0.6) is 0 Å². The fourth-order valence-corrected chi connectivity index (χ4v) is 0.565. The molecule has 10 heavy (non-hydrogen) atoms. The molecule has 0 amide bonds. The highest BCUT2D eigenvalue weighted by Gasteiger charge is 1.96. The van der Waals surface area contributed by atoms with Crippen molar-refractivity contribution in [2.24, 2.45) is 0 Å². The molecular weight excluding hydrogens is 124 g/mol. The van der Waals surface area contributed by atoms with Gasteiger partial charge in [0.15, 0.2) is 0 Å². The summed E-state index contributed by atoms with van der Waals surface area (Å²) in [4.78, 5) is 4.37. The van der Waals surface area contributed by atoms with E-state index in [1.54, 1.807) is 0 Å². The minimum atomic E-state index is 0.880. The van der Waals surface area contributed by atoms with E-state index in [0.29, 0.717) is 0 Å². The lowest BCUT2D eigenvalue weighted by Crippen LogP contribution is -2.30. The van der Waals surface area contributed by atoms with Gasteiger partial charge in [-0.15, -0.1) is 0 Å². The highest BCUT2D eigenvalue weighted by Crippen LogP contribution is 1.83. The third kappa shape index (κ3) is 4.77. The standard InChI is InChI=1S/C8H18N2/c1-5-9(3)7-8-10(4)6-2/h1-2,5-8H2,3-4H3. The minimum Gasteiger partial charge on any atom is -0.305 e. The topological polar surface area (TPSA) is 6.48 Å². The Kier molecular flexibility index (Phi) is 5.64. The molecule has 0 spiro atoms. The zero-order valence-corrected chi connectivity index (χ0v) is 7.14. The first-order valence-electron chi connectivity index (χ1n) is 3.66. The molecule has 0 aromatic carbocycles. The number of nitrogens with zero attached hydrogens (tertiary/aromatic N) is 2. The van der Waals surface area contributed by atoms with Gasteiger partial charge in [-0.05, 0) is 41.0 Å². The summed E-state index contributed by atoms with van der Waals surface area (Å²) in [5.41, 5.74) is 0. The summed E-state index contributed by atoms with van der Waals surface area (Å²) in [6.07, 6.45) is 0. The average Bonchev–Trinajstić information content (AvgIpc) is 1.99. The largest absolute Gasteiger partial charge is 0.305 e. The summed E-state index contributed by atoms with van der Waals surface area (Å²) in [5, 5.41) is 0. The second-order valence-corrected chi connectivity index (χ2v) is 2.61. The fourth-order valence-electron chi connectivity index (χ4n) is 0.565. The molecule has 0 aromatic heterocycles. The zero-order chi connectivity index (χ0) is 7.98. The van der Waals surface area contributed by atoms with E-state index >= 15 is 0 Å². The molecular formula is C8H18N2. The fraction of sp³-hybridized carbons (Fsp3) is 0.750. The highest BCUT2D eigenvalue weighted by atomic mass is 15.2. The van der Waals surface area contributed by atoms with E-state index in [2.05, 4.69) is 37.7 Å². The van der Waals surface area contributed by atoms with E-state index in [9.17, 15) is 0 Å². The van der Waals surface area contributed by atoms with Crippen molar-refractivity contribution in [2.75, 3.05) is 40.3 Å². The van der Waals surface area contributed by atoms with Crippen LogP contribution in [-0.2, 0) is 0 Å². The van der Waals surface area contributed by atoms with Gasteiger partial charge >= 0.3 is 0 Å². The van der Waals surface area contributed by atoms with Crippen LogP contribution < -0.4 is 0 Å². The van der Waals surface area contributed by atoms with Crippen LogP contribution in [0.25, 0.3) is 0 Å². The lowest BCUT2D eigenvalue weighted by Gasteiger charge is -2.18. The van der Waals surface area contributed by atoms with Crippen LogP contribution in [0, 0.1) is 13.8 Å². The Bertz CT molecular complexity index is 63.7. The van der Waals surface area contributed by atoms with Crippen LogP contribution in [0.1, 0.15) is 0 Å². The molecule has 0 rings (SSSR count). The Morgan fingerprint density at radius 3 is 1.40 bits per heavy atom. The molecule has 0 aliphatic heterocycles. The van der Waals surface area contributed by atoms with Crippen molar-refractivity contribution in [2.45, 2.75) is 0 Å². The van der Waals surface area contributed by atoms with E-state index in [1.165, 1.54) is 0 Å². The molecule has 2 nitrogen and oxygen atoms in total. The van der Waals surface area contributed by atoms with E-state index in [4.69, 9.17) is 0 Å². The first-order chi connectivity index (χ1) is 4.70. The molecule has 0 aliphatic rings. The summed E-state index contributed by atoms with van der Waals surface area (Å²) < 4.78 is 0. The molecule has 0 fully saturated rings. The van der Waals surface area contributed by atoms with Crippen LogP contribution in [-0.4, -0.2) is 50.1 Å². The molecule has 2 heteroatoms. The number of rotatable bonds is 5. The van der Waals surface area contributed by atoms with Gasteiger partial charge in [-0.25, -0.2) is 0 Å². The average molecular weight is 142 g/mol. The Morgan fingerprint density at radius 1 is 0.900 bits per heavy atom. The van der Waals surface area contributed by atoms with Crippen LogP contribution in [0.15, 0.2) is 0 Å². The predicted molar refractivity (Wildman–Crippen MR) is 45.7 cm³/mol. The second-order valence-electron chi connectivity index (χ2n) is 2.61. The van der Waals surface area contributed by atoms with Crippen molar-refractivity contribution in [3.8, 4) is 0 Å². The molecule has 60 valence electrons. The summed E-state index contributed by atoms with van der Waals surface area (Å²) >= 11 is 0. The third-order valence-corrected chi connectivity index (χ3v) is 1.63. The van der Waals surface area contributed by atoms with Crippen LogP contribution in [0.2, 0.25) is 0 Å². The minimum absolute atomic E-state index is 0.880. The molecule has 0 atom stereocenters. The monoisotopic (exact) mass is 142 g/mol. The molecule has 0 aromatic rings. The molecule has 0 saturated heterocycles. The SMILES string of the molecule is [CH2]CN(C)CCN(C)C[CH2]. The lowest BCUT2D eigenvalue weighted by atomic mass is 10.5. The lowest BCUT2D eigenvalue weighted by molar-refractivity contribution is 0.285. The van der Waals surface area contributed by atoms with E-state index in [-0.39, 0.29) is 0 Å². The number of hydrogen-bond acceptors (Lipinski definition) is 2. The maximum Gasteiger partial charge on any atom is 0.0106 e. The quantitative estimate of drug-likeness (QED) is 0.552. The van der Waals surface area contributed by atoms with Crippen molar-refractivity contribution in [3.05, 3.63) is 13.8 Å². The molecule has 0 N–H and O–H groups in total. The van der Waals surface area contributed by atoms with Crippen LogP contribution in [0.4, 0.5) is 0 Å². The smallest absolute Gasteiger partial charge is 0.0106 e. The molecule has 0 heterocycles. The van der Waals surface area contributed by atoms with Gasteiger partial charge < -0.3 is 9.80 Å². The Hall–Kier alpha value is -0.0800. The summed E-state index contributed by atoms with van der Waals surface area (Å²) in [7, 11) is 4.15. The van der Waals surface area contributed by atoms with E-state index in [1.807, 2.05) is 0 Å². The Labute approximate surface area is 64.8 Å². The molecule has 0 saturated carbocycles. The van der Waals surface area contributed by atoms with Gasteiger partial charge in [-0.3, -0.25) is 0 Å². The van der Waals surface area contributed by atoms with Gasteiger partial charge in [0.05, 0.1) is 0 Å². The highest BCUT2D eigenvalue weighted by molar-refractivity contribution is 4.57. The van der Waals surface area contributed by atoms with Crippen LogP contribution >= 0.6 is 0 Å². The van der Waals surface area contributed by atoms with Gasteiger partial charge in [0.2, 0.25) is 0 Å². The Morgan fingerprint density at radius 2 is 1.20 bits per heavy atom. The molecule has 2 radical (unpaired) electrons. The van der Waals surface area contributed by atoms with Crippen molar-refractivity contribution in [1.82, 2.24) is 9.80 Å². The van der Waals surface area contributed by atoms with E-state index < -0.39 is 0 Å². The Balaban J connectivity index is 3.17.